The van der Waals surface area contributed by atoms with Gasteiger partial charge in [0.1, 0.15) is 24.8 Å². The fourth-order valence-electron chi connectivity index (χ4n) is 2.20. The van der Waals surface area contributed by atoms with Gasteiger partial charge in [-0.3, -0.25) is 0 Å². The number of ether oxygens (including phenoxy) is 3. The Bertz CT molecular complexity index is 678. The molecule has 7 heteroatoms. The molecule has 122 valence electrons. The smallest absolute Gasteiger partial charge is 0.257 e. The number of aromatic nitrogens is 2. The van der Waals surface area contributed by atoms with Gasteiger partial charge in [-0.05, 0) is 19.9 Å². The predicted octanol–water partition coefficient (Wildman–Crippen LogP) is 2.76. The Hall–Kier alpha value is -2.44. The molecule has 2 aliphatic heterocycles. The normalized spacial score (nSPS) is 14.4. The van der Waals surface area contributed by atoms with Crippen LogP contribution in [0.2, 0.25) is 0 Å². The lowest BCUT2D eigenvalue weighted by atomic mass is 10.2. The van der Waals surface area contributed by atoms with Crippen LogP contribution < -0.4 is 14.2 Å². The SMILES string of the molecule is Cc1nc2c(cc1F)CCO2.Cc1nc2c(cc1F)OCCO2. The van der Waals surface area contributed by atoms with Crippen molar-refractivity contribution >= 4 is 0 Å². The average Bonchev–Trinajstić information content (AvgIpc) is 2.97. The van der Waals surface area contributed by atoms with E-state index in [4.69, 9.17) is 14.2 Å². The molecule has 0 aliphatic carbocycles. The minimum absolute atomic E-state index is 0.241. The molecular weight excluding hydrogens is 306 g/mol. The van der Waals surface area contributed by atoms with Gasteiger partial charge in [0.05, 0.1) is 18.0 Å². The van der Waals surface area contributed by atoms with E-state index >= 15 is 0 Å². The fourth-order valence-corrected chi connectivity index (χ4v) is 2.20. The zero-order valence-electron chi connectivity index (χ0n) is 12.9. The molecule has 0 N–H and O–H groups in total. The van der Waals surface area contributed by atoms with Crippen molar-refractivity contribution in [2.45, 2.75) is 20.3 Å². The Kier molecular flexibility index (Phi) is 4.27. The van der Waals surface area contributed by atoms with Crippen LogP contribution in [0.3, 0.4) is 0 Å². The van der Waals surface area contributed by atoms with Gasteiger partial charge in [0.15, 0.2) is 5.75 Å². The van der Waals surface area contributed by atoms with Crippen LogP contribution in [0.5, 0.6) is 17.5 Å². The lowest BCUT2D eigenvalue weighted by Crippen LogP contribution is -2.17. The van der Waals surface area contributed by atoms with Crippen molar-refractivity contribution in [3.05, 3.63) is 40.7 Å². The fraction of sp³-hybridized carbons (Fsp3) is 0.375. The molecule has 0 amide bonds. The van der Waals surface area contributed by atoms with Gasteiger partial charge >= 0.3 is 0 Å². The number of pyridine rings is 2. The molecule has 0 saturated heterocycles. The highest BCUT2D eigenvalue weighted by Gasteiger charge is 2.16. The molecule has 0 unspecified atom stereocenters. The van der Waals surface area contributed by atoms with E-state index in [1.165, 1.54) is 12.1 Å². The number of halogens is 2. The maximum Gasteiger partial charge on any atom is 0.257 e. The quantitative estimate of drug-likeness (QED) is 0.746. The molecule has 0 atom stereocenters. The lowest BCUT2D eigenvalue weighted by molar-refractivity contribution is 0.163. The van der Waals surface area contributed by atoms with E-state index < -0.39 is 0 Å². The van der Waals surface area contributed by atoms with Gasteiger partial charge in [0.25, 0.3) is 5.88 Å². The summed E-state index contributed by atoms with van der Waals surface area (Å²) in [4.78, 5) is 7.85. The highest BCUT2D eigenvalue weighted by atomic mass is 19.1. The molecule has 2 aromatic rings. The highest BCUT2D eigenvalue weighted by molar-refractivity contribution is 5.36. The van der Waals surface area contributed by atoms with Crippen LogP contribution in [0.4, 0.5) is 8.78 Å². The van der Waals surface area contributed by atoms with Crippen molar-refractivity contribution in [3.63, 3.8) is 0 Å². The van der Waals surface area contributed by atoms with E-state index in [1.54, 1.807) is 13.8 Å². The predicted molar refractivity (Wildman–Crippen MR) is 78.1 cm³/mol. The van der Waals surface area contributed by atoms with E-state index in [0.717, 1.165) is 12.0 Å². The van der Waals surface area contributed by atoms with Crippen LogP contribution in [-0.4, -0.2) is 29.8 Å². The number of fused-ring (bicyclic) bond motifs is 2. The van der Waals surface area contributed by atoms with Crippen LogP contribution >= 0.6 is 0 Å². The second-order valence-electron chi connectivity index (χ2n) is 5.17. The molecule has 2 aliphatic rings. The summed E-state index contributed by atoms with van der Waals surface area (Å²) in [5.74, 6) is 0.780. The molecule has 0 aromatic carbocycles. The second kappa shape index (κ2) is 6.36. The minimum Gasteiger partial charge on any atom is -0.484 e. The molecule has 0 saturated carbocycles. The summed E-state index contributed by atoms with van der Waals surface area (Å²) in [6, 6.07) is 2.81. The van der Waals surface area contributed by atoms with Crippen LogP contribution in [0, 0.1) is 25.5 Å². The topological polar surface area (TPSA) is 53.5 Å². The second-order valence-corrected chi connectivity index (χ2v) is 5.17. The van der Waals surface area contributed by atoms with Gasteiger partial charge < -0.3 is 14.2 Å². The molecule has 0 bridgehead atoms. The Balaban J connectivity index is 0.000000136. The van der Waals surface area contributed by atoms with Crippen molar-refractivity contribution in [3.8, 4) is 17.5 Å². The van der Waals surface area contributed by atoms with Crippen molar-refractivity contribution < 1.29 is 23.0 Å². The van der Waals surface area contributed by atoms with Crippen LogP contribution in [0.15, 0.2) is 12.1 Å². The first-order valence-corrected chi connectivity index (χ1v) is 7.26. The zero-order valence-corrected chi connectivity index (χ0v) is 12.9. The van der Waals surface area contributed by atoms with E-state index in [0.29, 0.717) is 48.7 Å². The van der Waals surface area contributed by atoms with Crippen molar-refractivity contribution in [2.24, 2.45) is 0 Å². The van der Waals surface area contributed by atoms with Crippen LogP contribution in [0.25, 0.3) is 0 Å². The Morgan fingerprint density at radius 1 is 0.826 bits per heavy atom. The Labute approximate surface area is 132 Å². The molecule has 0 fully saturated rings. The minimum atomic E-state index is -0.362. The number of nitrogens with zero attached hydrogens (tertiary/aromatic N) is 2. The average molecular weight is 322 g/mol. The molecule has 0 radical (unpaired) electrons. The molecule has 0 spiro atoms. The van der Waals surface area contributed by atoms with Gasteiger partial charge in [0, 0.05) is 18.1 Å². The summed E-state index contributed by atoms with van der Waals surface area (Å²) in [6.07, 6.45) is 0.777. The van der Waals surface area contributed by atoms with Crippen molar-refractivity contribution in [2.75, 3.05) is 19.8 Å². The number of rotatable bonds is 0. The molecule has 4 rings (SSSR count). The summed E-state index contributed by atoms with van der Waals surface area (Å²) < 4.78 is 41.2. The maximum absolute atomic E-state index is 12.9. The first-order chi connectivity index (χ1) is 11.0. The summed E-state index contributed by atoms with van der Waals surface area (Å²) in [7, 11) is 0. The van der Waals surface area contributed by atoms with E-state index in [-0.39, 0.29) is 11.6 Å². The van der Waals surface area contributed by atoms with Crippen molar-refractivity contribution in [1.82, 2.24) is 9.97 Å². The molecule has 4 heterocycles. The number of hydrogen-bond donors (Lipinski definition) is 0. The summed E-state index contributed by atoms with van der Waals surface area (Å²) in [5, 5.41) is 0. The van der Waals surface area contributed by atoms with Gasteiger partial charge in [-0.25, -0.2) is 18.7 Å². The number of aryl methyl sites for hydroxylation is 2. The van der Waals surface area contributed by atoms with Crippen LogP contribution in [-0.2, 0) is 6.42 Å². The third kappa shape index (κ3) is 3.33. The van der Waals surface area contributed by atoms with Gasteiger partial charge in [0.2, 0.25) is 5.88 Å². The third-order valence-electron chi connectivity index (χ3n) is 3.46. The molecule has 23 heavy (non-hydrogen) atoms. The summed E-state index contributed by atoms with van der Waals surface area (Å²) in [5.41, 5.74) is 1.62. The zero-order chi connectivity index (χ0) is 16.4. The van der Waals surface area contributed by atoms with Crippen molar-refractivity contribution in [1.29, 1.82) is 0 Å². The first kappa shape index (κ1) is 15.5. The van der Waals surface area contributed by atoms with Gasteiger partial charge in [-0.15, -0.1) is 0 Å². The number of hydrogen-bond acceptors (Lipinski definition) is 5. The molecule has 2 aromatic heterocycles. The first-order valence-electron chi connectivity index (χ1n) is 7.26. The van der Waals surface area contributed by atoms with Crippen LogP contribution in [0.1, 0.15) is 17.0 Å². The Morgan fingerprint density at radius 2 is 1.43 bits per heavy atom. The van der Waals surface area contributed by atoms with E-state index in [1.807, 2.05) is 0 Å². The lowest BCUT2D eigenvalue weighted by Gasteiger charge is -2.17. The Morgan fingerprint density at radius 3 is 2.22 bits per heavy atom. The third-order valence-corrected chi connectivity index (χ3v) is 3.46. The van der Waals surface area contributed by atoms with Gasteiger partial charge in [-0.1, -0.05) is 0 Å². The monoisotopic (exact) mass is 322 g/mol. The largest absolute Gasteiger partial charge is 0.484 e. The van der Waals surface area contributed by atoms with E-state index in [2.05, 4.69) is 9.97 Å². The standard InChI is InChI=1S/C8H8FNO2.C8H8FNO/c1-5-6(9)4-7-8(10-5)12-3-2-11-7;1-5-7(9)4-6-2-3-11-8(6)10-5/h4H,2-3H2,1H3;4H,2-3H2,1H3. The van der Waals surface area contributed by atoms with E-state index in [9.17, 15) is 8.78 Å². The highest BCUT2D eigenvalue weighted by Crippen LogP contribution is 2.28. The maximum atomic E-state index is 12.9. The van der Waals surface area contributed by atoms with Gasteiger partial charge in [-0.2, -0.15) is 0 Å². The summed E-state index contributed by atoms with van der Waals surface area (Å²) >= 11 is 0. The summed E-state index contributed by atoms with van der Waals surface area (Å²) in [6.45, 7) is 4.79. The molecular formula is C16H16F2N2O3. The molecule has 5 nitrogen and oxygen atoms in total.